The van der Waals surface area contributed by atoms with Crippen LogP contribution in [0.5, 0.6) is 0 Å². The first-order chi connectivity index (χ1) is 6.45. The monoisotopic (exact) mass is 172 g/mol. The molecule has 2 aliphatic rings. The second-order valence-corrected chi connectivity index (χ2v) is 3.01. The highest BCUT2D eigenvalue weighted by Crippen LogP contribution is 2.29. The molecule has 0 spiro atoms. The third-order valence-electron chi connectivity index (χ3n) is 2.24. The van der Waals surface area contributed by atoms with Gasteiger partial charge in [0, 0.05) is 12.7 Å². The minimum atomic E-state index is 0.867. The summed E-state index contributed by atoms with van der Waals surface area (Å²) in [5.74, 6) is 0.867. The molecule has 1 aromatic rings. The van der Waals surface area contributed by atoms with Crippen molar-refractivity contribution in [3.63, 3.8) is 0 Å². The lowest BCUT2D eigenvalue weighted by Gasteiger charge is -2.25. The average molecular weight is 172 g/mol. The van der Waals surface area contributed by atoms with Gasteiger partial charge in [-0.05, 0) is 12.2 Å². The van der Waals surface area contributed by atoms with Crippen molar-refractivity contribution >= 4 is 11.8 Å². The highest BCUT2D eigenvalue weighted by molar-refractivity contribution is 5.74. The van der Waals surface area contributed by atoms with E-state index >= 15 is 0 Å². The molecule has 0 saturated heterocycles. The standard InChI is InChI=1S/C10H8N2O/c1-2-5-12-6-4-8-10(9(12)3-1)13-7-11-8/h1-4,6-7H,5H2. The fraction of sp³-hybridized carbons (Fsp3) is 0.100. The lowest BCUT2D eigenvalue weighted by atomic mass is 10.1. The molecule has 0 aliphatic carbocycles. The third-order valence-corrected chi connectivity index (χ3v) is 2.24. The minimum absolute atomic E-state index is 0.867. The first-order valence-electron chi connectivity index (χ1n) is 4.21. The molecule has 0 aromatic carbocycles. The van der Waals surface area contributed by atoms with E-state index < -0.39 is 0 Å². The van der Waals surface area contributed by atoms with Crippen molar-refractivity contribution < 1.29 is 4.42 Å². The van der Waals surface area contributed by atoms with Gasteiger partial charge in [0.05, 0.1) is 5.70 Å². The van der Waals surface area contributed by atoms with Gasteiger partial charge >= 0.3 is 0 Å². The van der Waals surface area contributed by atoms with E-state index in [1.54, 1.807) is 0 Å². The summed E-state index contributed by atoms with van der Waals surface area (Å²) >= 11 is 0. The van der Waals surface area contributed by atoms with E-state index in [0.29, 0.717) is 0 Å². The fourth-order valence-electron chi connectivity index (χ4n) is 1.60. The van der Waals surface area contributed by atoms with Crippen LogP contribution in [-0.2, 0) is 0 Å². The van der Waals surface area contributed by atoms with E-state index in [1.807, 2.05) is 24.4 Å². The average Bonchev–Trinajstić information content (AvgIpc) is 2.65. The highest BCUT2D eigenvalue weighted by Gasteiger charge is 2.20. The number of aromatic nitrogens is 1. The van der Waals surface area contributed by atoms with Gasteiger partial charge in [-0.15, -0.1) is 0 Å². The molecule has 0 N–H and O–H groups in total. The van der Waals surface area contributed by atoms with E-state index in [-0.39, 0.29) is 0 Å². The van der Waals surface area contributed by atoms with Gasteiger partial charge in [0.2, 0.25) is 0 Å². The predicted molar refractivity (Wildman–Crippen MR) is 49.4 cm³/mol. The van der Waals surface area contributed by atoms with Gasteiger partial charge in [-0.1, -0.05) is 12.2 Å². The molecular formula is C10H8N2O. The van der Waals surface area contributed by atoms with Crippen molar-refractivity contribution in [2.24, 2.45) is 0 Å². The SMILES string of the molecule is C1=CCN2C=Cc3ncoc3C2=C1. The number of hydrogen-bond acceptors (Lipinski definition) is 3. The molecule has 0 radical (unpaired) electrons. The van der Waals surface area contributed by atoms with E-state index in [2.05, 4.69) is 16.0 Å². The maximum atomic E-state index is 5.32. The number of allylic oxidation sites excluding steroid dienone is 2. The fourth-order valence-corrected chi connectivity index (χ4v) is 1.60. The molecule has 1 aromatic heterocycles. The van der Waals surface area contributed by atoms with Crippen LogP contribution in [0.2, 0.25) is 0 Å². The van der Waals surface area contributed by atoms with Crippen LogP contribution in [0, 0.1) is 0 Å². The zero-order valence-electron chi connectivity index (χ0n) is 6.97. The third kappa shape index (κ3) is 0.869. The quantitative estimate of drug-likeness (QED) is 0.598. The summed E-state index contributed by atoms with van der Waals surface area (Å²) in [5.41, 5.74) is 2.01. The minimum Gasteiger partial charge on any atom is -0.441 e. The Kier molecular flexibility index (Phi) is 1.22. The summed E-state index contributed by atoms with van der Waals surface area (Å²) in [6.45, 7) is 0.905. The van der Waals surface area contributed by atoms with Gasteiger partial charge in [0.15, 0.2) is 12.2 Å². The van der Waals surface area contributed by atoms with Crippen molar-refractivity contribution in [1.29, 1.82) is 0 Å². The molecule has 3 heteroatoms. The first kappa shape index (κ1) is 6.71. The maximum absolute atomic E-state index is 5.32. The molecule has 0 atom stereocenters. The number of nitrogens with zero attached hydrogens (tertiary/aromatic N) is 2. The summed E-state index contributed by atoms with van der Waals surface area (Å²) in [7, 11) is 0. The Morgan fingerprint density at radius 2 is 2.46 bits per heavy atom. The summed E-state index contributed by atoms with van der Waals surface area (Å²) in [6, 6.07) is 0. The van der Waals surface area contributed by atoms with Crippen LogP contribution in [0.4, 0.5) is 0 Å². The predicted octanol–water partition coefficient (Wildman–Crippen LogP) is 1.87. The lowest BCUT2D eigenvalue weighted by molar-refractivity contribution is 0.500. The number of rotatable bonds is 0. The van der Waals surface area contributed by atoms with E-state index in [1.165, 1.54) is 6.39 Å². The van der Waals surface area contributed by atoms with Gasteiger partial charge in [-0.25, -0.2) is 4.98 Å². The summed E-state index contributed by atoms with van der Waals surface area (Å²) in [5, 5.41) is 0. The van der Waals surface area contributed by atoms with Gasteiger partial charge in [0.1, 0.15) is 5.69 Å². The molecule has 0 unspecified atom stereocenters. The summed E-state index contributed by atoms with van der Waals surface area (Å²) in [6.07, 6.45) is 11.7. The molecule has 3 heterocycles. The van der Waals surface area contributed by atoms with Crippen LogP contribution in [0.1, 0.15) is 11.5 Å². The van der Waals surface area contributed by atoms with Gasteiger partial charge in [-0.2, -0.15) is 0 Å². The number of fused-ring (bicyclic) bond motifs is 3. The molecule has 3 nitrogen and oxygen atoms in total. The maximum Gasteiger partial charge on any atom is 0.182 e. The van der Waals surface area contributed by atoms with Crippen LogP contribution in [0.15, 0.2) is 35.2 Å². The summed E-state index contributed by atoms with van der Waals surface area (Å²) in [4.78, 5) is 6.24. The molecular weight excluding hydrogens is 164 g/mol. The zero-order chi connectivity index (χ0) is 8.67. The van der Waals surface area contributed by atoms with E-state index in [0.717, 1.165) is 23.7 Å². The Hall–Kier alpha value is -1.77. The molecule has 0 saturated carbocycles. The largest absolute Gasteiger partial charge is 0.441 e. The first-order valence-corrected chi connectivity index (χ1v) is 4.21. The second-order valence-electron chi connectivity index (χ2n) is 3.01. The van der Waals surface area contributed by atoms with Crippen LogP contribution in [-0.4, -0.2) is 16.4 Å². The topological polar surface area (TPSA) is 29.3 Å². The molecule has 64 valence electrons. The molecule has 13 heavy (non-hydrogen) atoms. The van der Waals surface area contributed by atoms with Crippen molar-refractivity contribution in [1.82, 2.24) is 9.88 Å². The Morgan fingerprint density at radius 3 is 3.46 bits per heavy atom. The highest BCUT2D eigenvalue weighted by atomic mass is 16.3. The van der Waals surface area contributed by atoms with E-state index in [9.17, 15) is 0 Å². The van der Waals surface area contributed by atoms with Crippen molar-refractivity contribution in [3.05, 3.63) is 42.3 Å². The van der Waals surface area contributed by atoms with Crippen LogP contribution in [0.25, 0.3) is 11.8 Å². The van der Waals surface area contributed by atoms with Crippen molar-refractivity contribution in [3.8, 4) is 0 Å². The van der Waals surface area contributed by atoms with Gasteiger partial charge in [-0.3, -0.25) is 0 Å². The van der Waals surface area contributed by atoms with Crippen molar-refractivity contribution in [2.75, 3.05) is 6.54 Å². The second kappa shape index (κ2) is 2.36. The molecule has 3 rings (SSSR count). The van der Waals surface area contributed by atoms with Crippen LogP contribution < -0.4 is 0 Å². The van der Waals surface area contributed by atoms with Crippen LogP contribution in [0.3, 0.4) is 0 Å². The lowest BCUT2D eigenvalue weighted by Crippen LogP contribution is -2.20. The van der Waals surface area contributed by atoms with Gasteiger partial charge < -0.3 is 9.32 Å². The Labute approximate surface area is 75.7 Å². The number of hydrogen-bond donors (Lipinski definition) is 0. The number of oxazole rings is 1. The van der Waals surface area contributed by atoms with E-state index in [4.69, 9.17) is 4.42 Å². The molecule has 0 amide bonds. The van der Waals surface area contributed by atoms with Crippen molar-refractivity contribution in [2.45, 2.75) is 0 Å². The molecule has 2 aliphatic heterocycles. The Bertz CT molecular complexity index is 426. The zero-order valence-corrected chi connectivity index (χ0v) is 6.97. The molecule has 0 bridgehead atoms. The van der Waals surface area contributed by atoms with Crippen LogP contribution >= 0.6 is 0 Å². The van der Waals surface area contributed by atoms with Gasteiger partial charge in [0.25, 0.3) is 0 Å². The Balaban J connectivity index is 2.21. The normalized spacial score (nSPS) is 18.2. The molecule has 0 fully saturated rings. The smallest absolute Gasteiger partial charge is 0.182 e. The Morgan fingerprint density at radius 1 is 1.46 bits per heavy atom. The summed E-state index contributed by atoms with van der Waals surface area (Å²) < 4.78 is 5.32.